The standard InChI is InChI=1S/C29H29ClF2N8O4/c1-14-11-37(3)7-8-40(14)21-10-20(24(30)26(32)36-21)35-22(41)13-39-12-18(23-28(39)34-15(2)38(4)29(23)44)16-5-6-19(31)25(42)17(9-16)27(33)43/h9-10,12,14,16,42H,7-8,11,13H2,1-4H3,(H2,33,43)(H,35,36,41)/t14-,16?/m0/s1. The molecule has 2 atom stereocenters. The average Bonchev–Trinajstić information content (AvgIpc) is 3.22. The first-order valence-electron chi connectivity index (χ1n) is 13.6. The number of halogens is 3. The molecule has 0 aromatic carbocycles. The van der Waals surface area contributed by atoms with E-state index in [1.807, 2.05) is 18.9 Å². The van der Waals surface area contributed by atoms with Crippen molar-refractivity contribution < 1.29 is 23.5 Å². The zero-order valence-corrected chi connectivity index (χ0v) is 25.0. The molecular weight excluding hydrogens is 598 g/mol. The molecule has 2 aliphatic rings. The van der Waals surface area contributed by atoms with Crippen molar-refractivity contribution in [2.45, 2.75) is 32.4 Å². The SMILES string of the molecule is Cc1nc2c(c(C3C#CC(F)=C(O)C(C(N)=O)=C3)cn2CC(=O)Nc2cc(N3CCN(C)C[C@@H]3C)nc(F)c2Cl)c(=O)n1C. The Morgan fingerprint density at radius 1 is 1.25 bits per heavy atom. The van der Waals surface area contributed by atoms with Gasteiger partial charge in [0.05, 0.1) is 22.6 Å². The van der Waals surface area contributed by atoms with Crippen molar-refractivity contribution in [1.29, 1.82) is 0 Å². The number of nitrogens with two attached hydrogens (primary N) is 1. The van der Waals surface area contributed by atoms with Gasteiger partial charge in [0.1, 0.15) is 28.9 Å². The zero-order chi connectivity index (χ0) is 32.0. The summed E-state index contributed by atoms with van der Waals surface area (Å²) in [5.41, 5.74) is 4.68. The van der Waals surface area contributed by atoms with Crippen molar-refractivity contribution >= 4 is 46.0 Å². The van der Waals surface area contributed by atoms with Gasteiger partial charge in [-0.05, 0) is 32.9 Å². The van der Waals surface area contributed by atoms with Crippen molar-refractivity contribution in [3.05, 3.63) is 68.2 Å². The van der Waals surface area contributed by atoms with Crippen LogP contribution in [0.1, 0.15) is 24.2 Å². The van der Waals surface area contributed by atoms with E-state index in [0.717, 1.165) is 19.2 Å². The second-order valence-corrected chi connectivity index (χ2v) is 11.2. The molecule has 4 heterocycles. The summed E-state index contributed by atoms with van der Waals surface area (Å²) in [6.45, 7) is 5.29. The summed E-state index contributed by atoms with van der Waals surface area (Å²) in [6, 6.07) is 1.54. The Balaban J connectivity index is 1.52. The molecule has 0 saturated carbocycles. The number of likely N-dealkylation sites (N-methyl/N-ethyl adjacent to an activating group) is 1. The van der Waals surface area contributed by atoms with Crippen LogP contribution in [0.4, 0.5) is 20.3 Å². The molecule has 1 saturated heterocycles. The van der Waals surface area contributed by atoms with Gasteiger partial charge in [0.2, 0.25) is 17.7 Å². The normalized spacial score (nSPS) is 19.0. The van der Waals surface area contributed by atoms with Gasteiger partial charge in [-0.25, -0.2) is 9.97 Å². The van der Waals surface area contributed by atoms with Crippen LogP contribution >= 0.6 is 11.6 Å². The van der Waals surface area contributed by atoms with E-state index in [-0.39, 0.29) is 39.9 Å². The van der Waals surface area contributed by atoms with Crippen molar-refractivity contribution in [3.8, 4) is 11.8 Å². The number of amides is 2. The van der Waals surface area contributed by atoms with Crippen molar-refractivity contribution in [2.75, 3.05) is 36.9 Å². The maximum atomic E-state index is 14.8. The van der Waals surface area contributed by atoms with Gasteiger partial charge < -0.3 is 30.5 Å². The smallest absolute Gasteiger partial charge is 0.263 e. The monoisotopic (exact) mass is 626 g/mol. The number of fused-ring (bicyclic) bond motifs is 1. The Bertz CT molecular complexity index is 1900. The van der Waals surface area contributed by atoms with Crippen LogP contribution in [-0.2, 0) is 23.2 Å². The second kappa shape index (κ2) is 11.7. The van der Waals surface area contributed by atoms with Gasteiger partial charge in [0, 0.05) is 50.6 Å². The molecule has 2 amide bonds. The first-order chi connectivity index (χ1) is 20.8. The minimum absolute atomic E-state index is 0.0164. The predicted molar refractivity (Wildman–Crippen MR) is 160 cm³/mol. The summed E-state index contributed by atoms with van der Waals surface area (Å²) in [4.78, 5) is 51.2. The van der Waals surface area contributed by atoms with Gasteiger partial charge >= 0.3 is 0 Å². The number of anilines is 2. The second-order valence-electron chi connectivity index (χ2n) is 10.8. The highest BCUT2D eigenvalue weighted by Crippen LogP contribution is 2.32. The van der Waals surface area contributed by atoms with E-state index in [0.29, 0.717) is 18.2 Å². The summed E-state index contributed by atoms with van der Waals surface area (Å²) in [7, 11) is 3.50. The quantitative estimate of drug-likeness (QED) is 0.278. The van der Waals surface area contributed by atoms with Crippen LogP contribution in [0.3, 0.4) is 0 Å². The fourth-order valence-corrected chi connectivity index (χ4v) is 5.47. The highest BCUT2D eigenvalue weighted by atomic mass is 35.5. The summed E-state index contributed by atoms with van der Waals surface area (Å²) >= 11 is 6.19. The number of piperazine rings is 1. The van der Waals surface area contributed by atoms with Crippen LogP contribution in [0.5, 0.6) is 0 Å². The van der Waals surface area contributed by atoms with E-state index in [9.17, 15) is 28.3 Å². The molecule has 5 rings (SSSR count). The van der Waals surface area contributed by atoms with E-state index in [1.165, 1.54) is 28.4 Å². The number of aliphatic hydroxyl groups excluding tert-OH is 1. The van der Waals surface area contributed by atoms with E-state index in [2.05, 4.69) is 32.0 Å². The number of primary amides is 1. The molecular formula is C29H29ClF2N8O4. The Labute approximate surface area is 255 Å². The maximum Gasteiger partial charge on any atom is 0.263 e. The van der Waals surface area contributed by atoms with Gasteiger partial charge in [0.25, 0.3) is 11.5 Å². The topological polar surface area (TPSA) is 152 Å². The van der Waals surface area contributed by atoms with Crippen molar-refractivity contribution in [3.63, 3.8) is 0 Å². The first kappa shape index (κ1) is 30.7. The predicted octanol–water partition coefficient (Wildman–Crippen LogP) is 2.26. The largest absolute Gasteiger partial charge is 0.504 e. The molecule has 15 heteroatoms. The number of aryl methyl sites for hydroxylation is 1. The summed E-state index contributed by atoms with van der Waals surface area (Å²) in [5.74, 6) is -0.611. The number of allylic oxidation sites excluding steroid dienone is 2. The number of carbonyl (C=O) groups excluding carboxylic acids is 2. The van der Waals surface area contributed by atoms with Crippen LogP contribution in [0.15, 0.2) is 40.3 Å². The number of rotatable bonds is 6. The van der Waals surface area contributed by atoms with Gasteiger partial charge in [-0.1, -0.05) is 17.5 Å². The number of aliphatic hydroxyl groups is 1. The lowest BCUT2D eigenvalue weighted by atomic mass is 9.97. The molecule has 3 aromatic rings. The third-order valence-electron chi connectivity index (χ3n) is 7.70. The Kier molecular flexibility index (Phi) is 8.19. The fraction of sp³-hybridized carbons (Fsp3) is 0.345. The highest BCUT2D eigenvalue weighted by molar-refractivity contribution is 6.33. The molecule has 230 valence electrons. The Morgan fingerprint density at radius 3 is 2.66 bits per heavy atom. The van der Waals surface area contributed by atoms with E-state index in [4.69, 9.17) is 17.3 Å². The van der Waals surface area contributed by atoms with Gasteiger partial charge in [0.15, 0.2) is 5.76 Å². The molecule has 0 radical (unpaired) electrons. The number of pyridine rings is 1. The first-order valence-corrected chi connectivity index (χ1v) is 13.9. The van der Waals surface area contributed by atoms with Crippen molar-refractivity contribution in [1.82, 2.24) is 24.0 Å². The number of carbonyl (C=O) groups is 2. The number of aromatic nitrogens is 4. The maximum absolute atomic E-state index is 14.8. The van der Waals surface area contributed by atoms with Gasteiger partial charge in [-0.15, -0.1) is 0 Å². The molecule has 12 nitrogen and oxygen atoms in total. The Morgan fingerprint density at radius 2 is 1.98 bits per heavy atom. The van der Waals surface area contributed by atoms with Crippen LogP contribution in [0.25, 0.3) is 11.0 Å². The minimum atomic E-state index is -1.26. The summed E-state index contributed by atoms with van der Waals surface area (Å²) in [5, 5.41) is 12.4. The number of hydrogen-bond donors (Lipinski definition) is 3. The lowest BCUT2D eigenvalue weighted by Gasteiger charge is -2.39. The number of nitrogens with one attached hydrogen (secondary N) is 1. The third-order valence-corrected chi connectivity index (χ3v) is 8.06. The molecule has 4 N–H and O–H groups in total. The van der Waals surface area contributed by atoms with Gasteiger partial charge in [-0.2, -0.15) is 8.78 Å². The zero-order valence-electron chi connectivity index (χ0n) is 24.3. The Hall–Kier alpha value is -4.74. The molecule has 1 aliphatic heterocycles. The van der Waals surface area contributed by atoms with Crippen molar-refractivity contribution in [2.24, 2.45) is 12.8 Å². The minimum Gasteiger partial charge on any atom is -0.504 e. The van der Waals surface area contributed by atoms with Crippen LogP contribution in [0, 0.1) is 24.7 Å². The van der Waals surface area contributed by atoms with E-state index in [1.54, 1.807) is 6.92 Å². The fourth-order valence-electron chi connectivity index (χ4n) is 5.33. The lowest BCUT2D eigenvalue weighted by molar-refractivity contribution is -0.117. The van der Waals surface area contributed by atoms with Crippen LogP contribution in [0.2, 0.25) is 5.02 Å². The molecule has 3 aromatic heterocycles. The summed E-state index contributed by atoms with van der Waals surface area (Å²) in [6.07, 6.45) is 2.58. The van der Waals surface area contributed by atoms with E-state index >= 15 is 0 Å². The summed E-state index contributed by atoms with van der Waals surface area (Å²) < 4.78 is 31.8. The number of nitrogens with zero attached hydrogens (tertiary/aromatic N) is 6. The molecule has 0 bridgehead atoms. The van der Waals surface area contributed by atoms with Crippen LogP contribution in [-0.4, -0.2) is 73.6 Å². The average molecular weight is 627 g/mol. The molecule has 44 heavy (non-hydrogen) atoms. The van der Waals surface area contributed by atoms with Gasteiger partial charge in [-0.3, -0.25) is 19.0 Å². The third kappa shape index (κ3) is 5.63. The molecule has 1 fully saturated rings. The lowest BCUT2D eigenvalue weighted by Crippen LogP contribution is -2.50. The highest BCUT2D eigenvalue weighted by Gasteiger charge is 2.27. The molecule has 1 aliphatic carbocycles. The molecule has 1 unspecified atom stereocenters. The van der Waals surface area contributed by atoms with E-state index < -0.39 is 46.4 Å². The molecule has 0 spiro atoms. The number of hydrogen-bond acceptors (Lipinski definition) is 8. The van der Waals surface area contributed by atoms with Crippen LogP contribution < -0.4 is 21.5 Å².